The molecule has 3 rings (SSSR count). The summed E-state index contributed by atoms with van der Waals surface area (Å²) in [5.74, 6) is 0.872. The monoisotopic (exact) mass is 245 g/mol. The van der Waals surface area contributed by atoms with Gasteiger partial charge in [-0.15, -0.1) is 0 Å². The minimum absolute atomic E-state index is 0.297. The van der Waals surface area contributed by atoms with Gasteiger partial charge >= 0.3 is 0 Å². The topological polar surface area (TPSA) is 29.0 Å². The van der Waals surface area contributed by atoms with Gasteiger partial charge in [0.1, 0.15) is 5.82 Å². The SMILES string of the molecule is Clc1nccc(N2CCCc3ccccc32)n1. The Hall–Kier alpha value is -1.61. The molecule has 1 aliphatic heterocycles. The lowest BCUT2D eigenvalue weighted by Gasteiger charge is -2.30. The molecule has 0 spiro atoms. The van der Waals surface area contributed by atoms with E-state index in [1.54, 1.807) is 6.20 Å². The van der Waals surface area contributed by atoms with E-state index >= 15 is 0 Å². The molecule has 1 aromatic heterocycles. The van der Waals surface area contributed by atoms with Crippen LogP contribution in [0.25, 0.3) is 0 Å². The molecule has 0 unspecified atom stereocenters. The van der Waals surface area contributed by atoms with Crippen LogP contribution in [0.1, 0.15) is 12.0 Å². The first kappa shape index (κ1) is 10.5. The van der Waals surface area contributed by atoms with E-state index in [-0.39, 0.29) is 0 Å². The van der Waals surface area contributed by atoms with E-state index < -0.39 is 0 Å². The van der Waals surface area contributed by atoms with Gasteiger partial charge in [0.05, 0.1) is 0 Å². The highest BCUT2D eigenvalue weighted by atomic mass is 35.5. The molecule has 2 heterocycles. The fourth-order valence-electron chi connectivity index (χ4n) is 2.25. The van der Waals surface area contributed by atoms with E-state index in [1.807, 2.05) is 6.07 Å². The van der Waals surface area contributed by atoms with Crippen LogP contribution in [-0.2, 0) is 6.42 Å². The minimum atomic E-state index is 0.297. The zero-order valence-corrected chi connectivity index (χ0v) is 10.1. The highest BCUT2D eigenvalue weighted by Crippen LogP contribution is 2.32. The third-order valence-electron chi connectivity index (χ3n) is 3.00. The van der Waals surface area contributed by atoms with Crippen LogP contribution in [-0.4, -0.2) is 16.5 Å². The maximum Gasteiger partial charge on any atom is 0.224 e. The fourth-order valence-corrected chi connectivity index (χ4v) is 2.39. The minimum Gasteiger partial charge on any atom is -0.326 e. The summed E-state index contributed by atoms with van der Waals surface area (Å²) >= 11 is 5.84. The summed E-state index contributed by atoms with van der Waals surface area (Å²) in [5, 5.41) is 0.297. The molecule has 0 radical (unpaired) electrons. The number of nitrogens with zero attached hydrogens (tertiary/aromatic N) is 3. The molecule has 1 aliphatic rings. The molecule has 0 fully saturated rings. The number of aryl methyl sites for hydroxylation is 1. The van der Waals surface area contributed by atoms with Crippen LogP contribution in [0, 0.1) is 0 Å². The average Bonchev–Trinajstić information content (AvgIpc) is 2.38. The molecule has 3 nitrogen and oxygen atoms in total. The van der Waals surface area contributed by atoms with Crippen LogP contribution in [0.2, 0.25) is 5.28 Å². The predicted octanol–water partition coefficient (Wildman–Crippen LogP) is 3.21. The molecule has 0 saturated heterocycles. The highest BCUT2D eigenvalue weighted by molar-refractivity contribution is 6.28. The van der Waals surface area contributed by atoms with Gasteiger partial charge in [0.2, 0.25) is 5.28 Å². The molecule has 0 amide bonds. The summed E-state index contributed by atoms with van der Waals surface area (Å²) in [6, 6.07) is 10.3. The molecule has 1 aromatic carbocycles. The Morgan fingerprint density at radius 2 is 2.06 bits per heavy atom. The van der Waals surface area contributed by atoms with Crippen molar-refractivity contribution in [3.63, 3.8) is 0 Å². The van der Waals surface area contributed by atoms with Crippen molar-refractivity contribution >= 4 is 23.1 Å². The molecular formula is C13H12ClN3. The number of para-hydroxylation sites is 1. The number of hydrogen-bond acceptors (Lipinski definition) is 3. The zero-order chi connectivity index (χ0) is 11.7. The van der Waals surface area contributed by atoms with Crippen molar-refractivity contribution in [1.29, 1.82) is 0 Å². The molecule has 0 bridgehead atoms. The van der Waals surface area contributed by atoms with Gasteiger partial charge < -0.3 is 4.90 Å². The standard InChI is InChI=1S/C13H12ClN3/c14-13-15-8-7-12(16-13)17-9-3-5-10-4-1-2-6-11(10)17/h1-2,4,6-8H,3,5,9H2. The van der Waals surface area contributed by atoms with Crippen LogP contribution < -0.4 is 4.90 Å². The van der Waals surface area contributed by atoms with Gasteiger partial charge in [0, 0.05) is 18.4 Å². The van der Waals surface area contributed by atoms with Crippen LogP contribution in [0.4, 0.5) is 11.5 Å². The van der Waals surface area contributed by atoms with Gasteiger partial charge in [-0.25, -0.2) is 9.97 Å². The van der Waals surface area contributed by atoms with Crippen molar-refractivity contribution in [2.24, 2.45) is 0 Å². The Morgan fingerprint density at radius 1 is 1.18 bits per heavy atom. The first-order valence-corrected chi connectivity index (χ1v) is 6.06. The molecule has 4 heteroatoms. The maximum atomic E-state index is 5.84. The number of benzene rings is 1. The number of aromatic nitrogens is 2. The van der Waals surface area contributed by atoms with Gasteiger partial charge in [-0.1, -0.05) is 18.2 Å². The van der Waals surface area contributed by atoms with Gasteiger partial charge in [-0.2, -0.15) is 0 Å². The molecule has 0 saturated carbocycles. The lowest BCUT2D eigenvalue weighted by molar-refractivity contribution is 0.758. The summed E-state index contributed by atoms with van der Waals surface area (Å²) in [6.07, 6.45) is 3.96. The Labute approximate surface area is 105 Å². The number of rotatable bonds is 1. The normalized spacial score (nSPS) is 14.5. The van der Waals surface area contributed by atoms with Gasteiger partial charge in [0.25, 0.3) is 0 Å². The number of hydrogen-bond donors (Lipinski definition) is 0. The van der Waals surface area contributed by atoms with Gasteiger partial charge in [-0.05, 0) is 42.1 Å². The van der Waals surface area contributed by atoms with Gasteiger partial charge in [-0.3, -0.25) is 0 Å². The predicted molar refractivity (Wildman–Crippen MR) is 68.8 cm³/mol. The second-order valence-corrected chi connectivity index (χ2v) is 4.41. The van der Waals surface area contributed by atoms with Gasteiger partial charge in [0.15, 0.2) is 0 Å². The summed E-state index contributed by atoms with van der Waals surface area (Å²) in [4.78, 5) is 10.4. The van der Waals surface area contributed by atoms with Crippen molar-refractivity contribution in [2.45, 2.75) is 12.8 Å². The highest BCUT2D eigenvalue weighted by Gasteiger charge is 2.18. The van der Waals surface area contributed by atoms with E-state index in [0.717, 1.165) is 25.2 Å². The number of anilines is 2. The quantitative estimate of drug-likeness (QED) is 0.723. The maximum absolute atomic E-state index is 5.84. The van der Waals surface area contributed by atoms with Crippen LogP contribution in [0.15, 0.2) is 36.5 Å². The van der Waals surface area contributed by atoms with Crippen LogP contribution in [0.3, 0.4) is 0 Å². The molecular weight excluding hydrogens is 234 g/mol. The Balaban J connectivity index is 2.06. The fraction of sp³-hybridized carbons (Fsp3) is 0.231. The molecule has 0 N–H and O–H groups in total. The summed E-state index contributed by atoms with van der Waals surface area (Å²) in [6.45, 7) is 0.977. The van der Waals surface area contributed by atoms with Crippen LogP contribution in [0.5, 0.6) is 0 Å². The zero-order valence-electron chi connectivity index (χ0n) is 9.31. The summed E-state index contributed by atoms with van der Waals surface area (Å²) in [7, 11) is 0. The largest absolute Gasteiger partial charge is 0.326 e. The lowest BCUT2D eigenvalue weighted by atomic mass is 10.0. The van der Waals surface area contributed by atoms with E-state index in [2.05, 4.69) is 39.1 Å². The first-order valence-electron chi connectivity index (χ1n) is 5.68. The summed E-state index contributed by atoms with van der Waals surface area (Å²) < 4.78 is 0. The smallest absolute Gasteiger partial charge is 0.224 e. The van der Waals surface area contributed by atoms with E-state index in [4.69, 9.17) is 11.6 Å². The Kier molecular flexibility index (Phi) is 2.69. The van der Waals surface area contributed by atoms with E-state index in [0.29, 0.717) is 5.28 Å². The molecule has 0 aliphatic carbocycles. The second-order valence-electron chi connectivity index (χ2n) is 4.07. The van der Waals surface area contributed by atoms with Crippen LogP contribution >= 0.6 is 11.6 Å². The average molecular weight is 246 g/mol. The van der Waals surface area contributed by atoms with Crippen molar-refractivity contribution in [3.8, 4) is 0 Å². The van der Waals surface area contributed by atoms with E-state index in [9.17, 15) is 0 Å². The molecule has 86 valence electrons. The summed E-state index contributed by atoms with van der Waals surface area (Å²) in [5.41, 5.74) is 2.60. The lowest BCUT2D eigenvalue weighted by Crippen LogP contribution is -2.25. The molecule has 2 aromatic rings. The van der Waals surface area contributed by atoms with Crippen molar-refractivity contribution in [3.05, 3.63) is 47.4 Å². The van der Waals surface area contributed by atoms with Crippen molar-refractivity contribution in [1.82, 2.24) is 9.97 Å². The third-order valence-corrected chi connectivity index (χ3v) is 3.18. The number of fused-ring (bicyclic) bond motifs is 1. The first-order chi connectivity index (χ1) is 8.34. The second kappa shape index (κ2) is 4.34. The third kappa shape index (κ3) is 1.98. The van der Waals surface area contributed by atoms with Crippen molar-refractivity contribution in [2.75, 3.05) is 11.4 Å². The van der Waals surface area contributed by atoms with Crippen molar-refractivity contribution < 1.29 is 0 Å². The molecule has 17 heavy (non-hydrogen) atoms. The number of halogens is 1. The molecule has 0 atom stereocenters. The Bertz CT molecular complexity index is 542. The van der Waals surface area contributed by atoms with E-state index in [1.165, 1.54) is 11.3 Å². The Morgan fingerprint density at radius 3 is 2.94 bits per heavy atom.